The number of hydrogen-bond acceptors (Lipinski definition) is 9. The van der Waals surface area contributed by atoms with E-state index >= 15 is 0 Å². The maximum absolute atomic E-state index is 13.6. The highest BCUT2D eigenvalue weighted by molar-refractivity contribution is 7.47. The number of carbonyl (C=O) groups is 1. The minimum Gasteiger partial charge on any atom is -0.366 e. The number of benzene rings is 1. The van der Waals surface area contributed by atoms with Crippen LogP contribution in [0.1, 0.15) is 39.2 Å². The van der Waals surface area contributed by atoms with Gasteiger partial charge >= 0.3 is 13.8 Å². The fourth-order valence-electron chi connectivity index (χ4n) is 4.02. The lowest BCUT2D eigenvalue weighted by Crippen LogP contribution is -2.45. The molecule has 1 aliphatic rings. The van der Waals surface area contributed by atoms with Crippen molar-refractivity contribution in [3.05, 3.63) is 56.2 Å². The Morgan fingerprint density at radius 3 is 2.82 bits per heavy atom. The number of phosphoric acid groups is 1. The zero-order valence-corrected chi connectivity index (χ0v) is 19.9. The van der Waals surface area contributed by atoms with Crippen LogP contribution in [0.2, 0.25) is 0 Å². The van der Waals surface area contributed by atoms with Gasteiger partial charge in [0, 0.05) is 24.7 Å². The number of rotatable bonds is 5. The molecule has 2 aromatic heterocycles. The Bertz CT molecular complexity index is 1420. The molecule has 1 fully saturated rings. The van der Waals surface area contributed by atoms with E-state index in [0.717, 1.165) is 24.2 Å². The van der Waals surface area contributed by atoms with Gasteiger partial charge < -0.3 is 15.2 Å². The molecule has 0 saturated carbocycles. The predicted molar refractivity (Wildman–Crippen MR) is 126 cm³/mol. The number of hydrogen-bond donors (Lipinski definition) is 3. The molecule has 11 nitrogen and oxygen atoms in total. The average Bonchev–Trinajstić information content (AvgIpc) is 3.11. The maximum atomic E-state index is 13.6. The van der Waals surface area contributed by atoms with Gasteiger partial charge in [-0.2, -0.15) is 5.26 Å². The normalized spacial score (nSPS) is 16.4. The van der Waals surface area contributed by atoms with E-state index < -0.39 is 19.4 Å². The van der Waals surface area contributed by atoms with E-state index in [1.807, 2.05) is 4.90 Å². The predicted octanol–water partition coefficient (Wildman–Crippen LogP) is 1.86. The molecule has 4 rings (SSSR count). The summed E-state index contributed by atoms with van der Waals surface area (Å²) in [6.45, 7) is 2.73. The summed E-state index contributed by atoms with van der Waals surface area (Å²) < 4.78 is 17.0. The van der Waals surface area contributed by atoms with Crippen LogP contribution in [0.5, 0.6) is 0 Å². The van der Waals surface area contributed by atoms with Gasteiger partial charge in [-0.05, 0) is 31.4 Å². The molecule has 0 bridgehead atoms. The molecule has 1 aliphatic heterocycles. The Hall–Kier alpha value is -3.07. The Morgan fingerprint density at radius 1 is 1.41 bits per heavy atom. The number of aryl methyl sites for hydroxylation is 1. The molecule has 1 saturated heterocycles. The summed E-state index contributed by atoms with van der Waals surface area (Å²) in [4.78, 5) is 50.5. The molecule has 3 aromatic rings. The number of nitrogens with zero attached hydrogens (tertiary/aromatic N) is 4. The molecule has 0 aliphatic carbocycles. The first-order chi connectivity index (χ1) is 16.1. The van der Waals surface area contributed by atoms with Crippen molar-refractivity contribution >= 4 is 41.3 Å². The standard InChI is InChI=1S/C21H22N5O6PS/c1-12-16-18(34-17(12)20(28)32-33(29,30)31)19(27)26(10-14-6-3-2-5-13(14)9-22)21(24-16)25-8-4-7-15(23)11-25/h2-3,5-6,15H,4,7-8,10-11,23H2,1H3,(H2,29,30,31)/t15-/m1/s1. The summed E-state index contributed by atoms with van der Waals surface area (Å²) >= 11 is 0.768. The largest absolute Gasteiger partial charge is 0.527 e. The van der Waals surface area contributed by atoms with Gasteiger partial charge in [-0.3, -0.25) is 19.1 Å². The van der Waals surface area contributed by atoms with Crippen LogP contribution in [0.25, 0.3) is 10.2 Å². The molecule has 178 valence electrons. The van der Waals surface area contributed by atoms with Gasteiger partial charge in [0.1, 0.15) is 9.58 Å². The smallest absolute Gasteiger partial charge is 0.366 e. The summed E-state index contributed by atoms with van der Waals surface area (Å²) in [7, 11) is -5.06. The van der Waals surface area contributed by atoms with Crippen LogP contribution in [0.4, 0.5) is 5.95 Å². The third-order valence-corrected chi connectivity index (χ3v) is 7.25. The van der Waals surface area contributed by atoms with Crippen molar-refractivity contribution < 1.29 is 23.7 Å². The summed E-state index contributed by atoms with van der Waals surface area (Å²) in [6, 6.07) is 8.95. The van der Waals surface area contributed by atoms with E-state index in [9.17, 15) is 19.4 Å². The molecule has 0 radical (unpaired) electrons. The number of nitrogens with two attached hydrogens (primary N) is 1. The van der Waals surface area contributed by atoms with Gasteiger partial charge in [0.25, 0.3) is 5.56 Å². The maximum Gasteiger partial charge on any atom is 0.527 e. The second-order valence-electron chi connectivity index (χ2n) is 8.02. The highest BCUT2D eigenvalue weighted by Crippen LogP contribution is 2.39. The quantitative estimate of drug-likeness (QED) is 0.436. The van der Waals surface area contributed by atoms with Crippen molar-refractivity contribution in [2.75, 3.05) is 18.0 Å². The molecular formula is C21H22N5O6PS. The topological polar surface area (TPSA) is 172 Å². The van der Waals surface area contributed by atoms with Crippen LogP contribution in [0, 0.1) is 18.3 Å². The van der Waals surface area contributed by atoms with Gasteiger partial charge in [0.15, 0.2) is 0 Å². The summed E-state index contributed by atoms with van der Waals surface area (Å²) in [6.07, 6.45) is 1.66. The van der Waals surface area contributed by atoms with Crippen molar-refractivity contribution in [1.82, 2.24) is 9.55 Å². The van der Waals surface area contributed by atoms with Crippen LogP contribution in [-0.2, 0) is 15.6 Å². The zero-order chi connectivity index (χ0) is 24.6. The molecule has 0 unspecified atom stereocenters. The van der Waals surface area contributed by atoms with E-state index in [1.165, 1.54) is 4.57 Å². The van der Waals surface area contributed by atoms with Crippen molar-refractivity contribution in [3.8, 4) is 6.07 Å². The minimum absolute atomic E-state index is 0.0752. The van der Waals surface area contributed by atoms with E-state index in [2.05, 4.69) is 10.6 Å². The lowest BCUT2D eigenvalue weighted by atomic mass is 10.1. The third kappa shape index (κ3) is 4.75. The van der Waals surface area contributed by atoms with Crippen LogP contribution in [0.3, 0.4) is 0 Å². The van der Waals surface area contributed by atoms with E-state index in [4.69, 9.17) is 20.5 Å². The van der Waals surface area contributed by atoms with Crippen LogP contribution < -0.4 is 16.2 Å². The van der Waals surface area contributed by atoms with Crippen molar-refractivity contribution in [2.24, 2.45) is 5.73 Å². The molecule has 3 heterocycles. The van der Waals surface area contributed by atoms with Crippen LogP contribution in [0.15, 0.2) is 29.1 Å². The second-order valence-corrected chi connectivity index (χ2v) is 10.2. The number of phosphoric ester groups is 1. The van der Waals surface area contributed by atoms with E-state index in [-0.39, 0.29) is 27.7 Å². The first-order valence-electron chi connectivity index (χ1n) is 10.4. The number of nitriles is 1. The molecule has 13 heteroatoms. The molecule has 4 N–H and O–H groups in total. The Kier molecular flexibility index (Phi) is 6.58. The second kappa shape index (κ2) is 9.29. The Labute approximate surface area is 198 Å². The number of thiophene rings is 1. The van der Waals surface area contributed by atoms with Crippen molar-refractivity contribution in [3.63, 3.8) is 0 Å². The van der Waals surface area contributed by atoms with Crippen LogP contribution >= 0.6 is 19.2 Å². The monoisotopic (exact) mass is 503 g/mol. The first-order valence-corrected chi connectivity index (χ1v) is 12.8. The lowest BCUT2D eigenvalue weighted by Gasteiger charge is -2.33. The SMILES string of the molecule is Cc1c(C(=O)OP(=O)(O)O)sc2c(=O)n(Cc3ccccc3C#N)c(N3CCC[C@@H](N)C3)nc12. The van der Waals surface area contributed by atoms with Crippen molar-refractivity contribution in [1.29, 1.82) is 5.26 Å². The minimum atomic E-state index is -5.06. The summed E-state index contributed by atoms with van der Waals surface area (Å²) in [5.74, 6) is -0.868. The van der Waals surface area contributed by atoms with Gasteiger partial charge in [0.05, 0.1) is 23.7 Å². The number of carbonyl (C=O) groups excluding carboxylic acids is 1. The van der Waals surface area contributed by atoms with Gasteiger partial charge in [0.2, 0.25) is 5.95 Å². The number of anilines is 1. The van der Waals surface area contributed by atoms with Gasteiger partial charge in [-0.25, -0.2) is 14.3 Å². The molecular weight excluding hydrogens is 481 g/mol. The Morgan fingerprint density at radius 2 is 2.15 bits per heavy atom. The molecule has 1 aromatic carbocycles. The van der Waals surface area contributed by atoms with E-state index in [0.29, 0.717) is 35.7 Å². The molecule has 0 spiro atoms. The fraction of sp³-hybridized carbons (Fsp3) is 0.333. The highest BCUT2D eigenvalue weighted by atomic mass is 32.1. The first kappa shape index (κ1) is 24.1. The number of fused-ring (bicyclic) bond motifs is 1. The van der Waals surface area contributed by atoms with Crippen molar-refractivity contribution in [2.45, 2.75) is 32.4 Å². The molecule has 1 atom stereocenters. The lowest BCUT2D eigenvalue weighted by molar-refractivity contribution is 0.0682. The van der Waals surface area contributed by atoms with Crippen LogP contribution in [-0.4, -0.2) is 44.4 Å². The fourth-order valence-corrected chi connectivity index (χ4v) is 5.46. The molecule has 0 amide bonds. The average molecular weight is 503 g/mol. The number of piperidine rings is 1. The van der Waals surface area contributed by atoms with Gasteiger partial charge in [-0.1, -0.05) is 18.2 Å². The third-order valence-electron chi connectivity index (χ3n) is 5.60. The highest BCUT2D eigenvalue weighted by Gasteiger charge is 2.29. The Balaban J connectivity index is 1.91. The molecule has 34 heavy (non-hydrogen) atoms. The number of aromatic nitrogens is 2. The van der Waals surface area contributed by atoms with Gasteiger partial charge in [-0.15, -0.1) is 11.3 Å². The zero-order valence-electron chi connectivity index (χ0n) is 18.2. The van der Waals surface area contributed by atoms with E-state index in [1.54, 1.807) is 31.2 Å². The summed E-state index contributed by atoms with van der Waals surface area (Å²) in [5.41, 5.74) is 7.33. The summed E-state index contributed by atoms with van der Waals surface area (Å²) in [5, 5.41) is 9.49.